The lowest BCUT2D eigenvalue weighted by Crippen LogP contribution is -2.57. The summed E-state index contributed by atoms with van der Waals surface area (Å²) < 4.78 is 13.3. The third kappa shape index (κ3) is 4.81. The third-order valence-corrected chi connectivity index (χ3v) is 5.31. The van der Waals surface area contributed by atoms with E-state index >= 15 is 0 Å². The molecule has 0 saturated carbocycles. The molecule has 1 aromatic rings. The van der Waals surface area contributed by atoms with Crippen LogP contribution >= 0.6 is 0 Å². The van der Waals surface area contributed by atoms with Crippen LogP contribution in [-0.2, 0) is 16.0 Å². The van der Waals surface area contributed by atoms with Crippen molar-refractivity contribution >= 4 is 11.8 Å². The molecule has 2 saturated heterocycles. The van der Waals surface area contributed by atoms with Crippen molar-refractivity contribution in [1.29, 1.82) is 0 Å². The minimum absolute atomic E-state index is 0.134. The SMILES string of the molecule is CC(CC(=O)N1CCCC(N2CCNCC2=O)C1)Cc1cccc(F)c1. The largest absolute Gasteiger partial charge is 0.341 e. The lowest BCUT2D eigenvalue weighted by molar-refractivity contribution is -0.140. The van der Waals surface area contributed by atoms with E-state index in [1.165, 1.54) is 12.1 Å². The van der Waals surface area contributed by atoms with Crippen molar-refractivity contribution in [3.05, 3.63) is 35.6 Å². The van der Waals surface area contributed by atoms with Crippen molar-refractivity contribution < 1.29 is 14.0 Å². The van der Waals surface area contributed by atoms with E-state index in [-0.39, 0.29) is 29.6 Å². The van der Waals surface area contributed by atoms with Gasteiger partial charge in [0.15, 0.2) is 0 Å². The minimum atomic E-state index is -0.236. The first-order valence-electron chi connectivity index (χ1n) is 9.55. The molecule has 2 unspecified atom stereocenters. The van der Waals surface area contributed by atoms with Crippen LogP contribution in [-0.4, -0.2) is 60.4 Å². The maximum atomic E-state index is 13.3. The number of benzene rings is 1. The van der Waals surface area contributed by atoms with Crippen molar-refractivity contribution in [2.45, 2.75) is 38.6 Å². The van der Waals surface area contributed by atoms with Crippen LogP contribution in [0.4, 0.5) is 4.39 Å². The Morgan fingerprint density at radius 3 is 3.00 bits per heavy atom. The Bertz CT molecular complexity index is 652. The van der Waals surface area contributed by atoms with E-state index in [0.29, 0.717) is 25.9 Å². The second-order valence-electron chi connectivity index (χ2n) is 7.54. The van der Waals surface area contributed by atoms with Crippen molar-refractivity contribution in [2.24, 2.45) is 5.92 Å². The number of rotatable bonds is 5. The molecule has 1 N–H and O–H groups in total. The highest BCUT2D eigenvalue weighted by molar-refractivity contribution is 5.80. The topological polar surface area (TPSA) is 52.7 Å². The maximum absolute atomic E-state index is 13.3. The summed E-state index contributed by atoms with van der Waals surface area (Å²) in [6, 6.07) is 6.72. The first kappa shape index (κ1) is 18.8. The van der Waals surface area contributed by atoms with Gasteiger partial charge in [-0.05, 0) is 42.9 Å². The van der Waals surface area contributed by atoms with Gasteiger partial charge in [0.2, 0.25) is 11.8 Å². The number of piperazine rings is 1. The van der Waals surface area contributed by atoms with E-state index in [1.54, 1.807) is 6.07 Å². The van der Waals surface area contributed by atoms with Gasteiger partial charge in [-0.15, -0.1) is 0 Å². The number of likely N-dealkylation sites (tertiary alicyclic amines) is 1. The van der Waals surface area contributed by atoms with Crippen LogP contribution in [0.2, 0.25) is 0 Å². The molecule has 3 rings (SSSR count). The summed E-state index contributed by atoms with van der Waals surface area (Å²) in [5, 5.41) is 3.09. The first-order valence-corrected chi connectivity index (χ1v) is 9.55. The Kier molecular flexibility index (Phi) is 6.25. The zero-order valence-electron chi connectivity index (χ0n) is 15.4. The average molecular weight is 361 g/mol. The van der Waals surface area contributed by atoms with Gasteiger partial charge in [0.1, 0.15) is 5.82 Å². The molecule has 0 spiro atoms. The quantitative estimate of drug-likeness (QED) is 0.870. The molecular formula is C20H28FN3O2. The number of hydrogen-bond acceptors (Lipinski definition) is 3. The number of piperidine rings is 1. The maximum Gasteiger partial charge on any atom is 0.236 e. The molecule has 2 amide bonds. The fraction of sp³-hybridized carbons (Fsp3) is 0.600. The molecule has 2 fully saturated rings. The molecule has 1 aromatic carbocycles. The number of nitrogens with one attached hydrogen (secondary N) is 1. The molecule has 6 heteroatoms. The van der Waals surface area contributed by atoms with Crippen molar-refractivity contribution in [2.75, 3.05) is 32.7 Å². The minimum Gasteiger partial charge on any atom is -0.341 e. The van der Waals surface area contributed by atoms with Gasteiger partial charge in [-0.1, -0.05) is 19.1 Å². The summed E-state index contributed by atoms with van der Waals surface area (Å²) in [6.07, 6.45) is 3.05. The molecule has 2 aliphatic heterocycles. The lowest BCUT2D eigenvalue weighted by atomic mass is 9.96. The number of halogens is 1. The molecule has 0 radical (unpaired) electrons. The number of amides is 2. The van der Waals surface area contributed by atoms with E-state index in [1.807, 2.05) is 22.8 Å². The van der Waals surface area contributed by atoms with E-state index in [2.05, 4.69) is 5.32 Å². The smallest absolute Gasteiger partial charge is 0.236 e. The van der Waals surface area contributed by atoms with Gasteiger partial charge in [-0.25, -0.2) is 4.39 Å². The van der Waals surface area contributed by atoms with Crippen LogP contribution in [0.3, 0.4) is 0 Å². The fourth-order valence-electron chi connectivity index (χ4n) is 4.01. The Hall–Kier alpha value is -1.95. The van der Waals surface area contributed by atoms with E-state index in [9.17, 15) is 14.0 Å². The van der Waals surface area contributed by atoms with Crippen molar-refractivity contribution in [1.82, 2.24) is 15.1 Å². The normalized spacial score (nSPS) is 22.4. The molecule has 5 nitrogen and oxygen atoms in total. The van der Waals surface area contributed by atoms with Crippen LogP contribution in [0.5, 0.6) is 0 Å². The summed E-state index contributed by atoms with van der Waals surface area (Å²) in [4.78, 5) is 28.7. The average Bonchev–Trinajstić information content (AvgIpc) is 2.62. The highest BCUT2D eigenvalue weighted by Gasteiger charge is 2.31. The highest BCUT2D eigenvalue weighted by Crippen LogP contribution is 2.20. The second-order valence-corrected chi connectivity index (χ2v) is 7.54. The van der Waals surface area contributed by atoms with Crippen LogP contribution in [0.1, 0.15) is 31.7 Å². The standard InChI is InChI=1S/C20H28FN3O2/c1-15(10-16-4-2-5-17(21)12-16)11-19(25)23-8-3-6-18(14-23)24-9-7-22-13-20(24)26/h2,4-5,12,15,18,22H,3,6-11,13-14H2,1H3. The van der Waals surface area contributed by atoms with Crippen LogP contribution in [0.25, 0.3) is 0 Å². The molecule has 2 heterocycles. The van der Waals surface area contributed by atoms with E-state index in [0.717, 1.165) is 38.0 Å². The Morgan fingerprint density at radius 2 is 2.23 bits per heavy atom. The first-order chi connectivity index (χ1) is 12.5. The van der Waals surface area contributed by atoms with Gasteiger partial charge in [0.05, 0.1) is 6.54 Å². The Balaban J connectivity index is 1.52. The summed E-state index contributed by atoms with van der Waals surface area (Å²) in [6.45, 7) is 5.38. The van der Waals surface area contributed by atoms with E-state index < -0.39 is 0 Å². The van der Waals surface area contributed by atoms with Gasteiger partial charge in [-0.2, -0.15) is 0 Å². The number of nitrogens with zero attached hydrogens (tertiary/aromatic N) is 2. The molecule has 0 aromatic heterocycles. The van der Waals surface area contributed by atoms with Gasteiger partial charge in [-0.3, -0.25) is 9.59 Å². The molecular weight excluding hydrogens is 333 g/mol. The molecule has 0 bridgehead atoms. The summed E-state index contributed by atoms with van der Waals surface area (Å²) in [5.74, 6) is 0.197. The van der Waals surface area contributed by atoms with Crippen molar-refractivity contribution in [3.63, 3.8) is 0 Å². The number of hydrogen-bond donors (Lipinski definition) is 1. The Labute approximate surface area is 154 Å². The summed E-state index contributed by atoms with van der Waals surface area (Å²) in [5.41, 5.74) is 0.924. The van der Waals surface area contributed by atoms with Gasteiger partial charge >= 0.3 is 0 Å². The molecule has 2 atom stereocenters. The van der Waals surface area contributed by atoms with Crippen LogP contribution < -0.4 is 5.32 Å². The molecule has 0 aliphatic carbocycles. The summed E-state index contributed by atoms with van der Waals surface area (Å²) >= 11 is 0. The molecule has 142 valence electrons. The molecule has 2 aliphatic rings. The van der Waals surface area contributed by atoms with E-state index in [4.69, 9.17) is 0 Å². The second kappa shape index (κ2) is 8.62. The predicted octanol–water partition coefficient (Wildman–Crippen LogP) is 1.82. The predicted molar refractivity (Wildman–Crippen MR) is 98.1 cm³/mol. The van der Waals surface area contributed by atoms with Gasteiger partial charge in [0, 0.05) is 38.6 Å². The van der Waals surface area contributed by atoms with Crippen LogP contribution in [0.15, 0.2) is 24.3 Å². The Morgan fingerprint density at radius 1 is 1.38 bits per heavy atom. The third-order valence-electron chi connectivity index (χ3n) is 5.31. The zero-order valence-corrected chi connectivity index (χ0v) is 15.4. The highest BCUT2D eigenvalue weighted by atomic mass is 19.1. The molecule has 26 heavy (non-hydrogen) atoms. The fourth-order valence-corrected chi connectivity index (χ4v) is 4.01. The van der Waals surface area contributed by atoms with Gasteiger partial charge in [0.25, 0.3) is 0 Å². The van der Waals surface area contributed by atoms with Crippen molar-refractivity contribution in [3.8, 4) is 0 Å². The zero-order chi connectivity index (χ0) is 18.5. The summed E-state index contributed by atoms with van der Waals surface area (Å²) in [7, 11) is 0. The lowest BCUT2D eigenvalue weighted by Gasteiger charge is -2.41. The monoisotopic (exact) mass is 361 g/mol. The number of carbonyl (C=O) groups is 2. The van der Waals surface area contributed by atoms with Crippen LogP contribution in [0, 0.1) is 11.7 Å². The number of carbonyl (C=O) groups excluding carboxylic acids is 2. The van der Waals surface area contributed by atoms with Gasteiger partial charge < -0.3 is 15.1 Å².